The summed E-state index contributed by atoms with van der Waals surface area (Å²) in [5, 5.41) is 65.4. The lowest BCUT2D eigenvalue weighted by Crippen LogP contribution is -2.70. The molecule has 288 valence electrons. The Morgan fingerprint density at radius 1 is 0.780 bits per heavy atom. The van der Waals surface area contributed by atoms with Gasteiger partial charge < -0.3 is 94.3 Å². The van der Waals surface area contributed by atoms with Crippen LogP contribution in [0, 0.1) is 5.41 Å². The highest BCUT2D eigenvalue weighted by Gasteiger charge is 2.58. The predicted octanol–water partition coefficient (Wildman–Crippen LogP) is -6.69. The summed E-state index contributed by atoms with van der Waals surface area (Å²) >= 11 is 0. The predicted molar refractivity (Wildman–Crippen MR) is 168 cm³/mol. The van der Waals surface area contributed by atoms with E-state index >= 15 is 0 Å². The SMILES string of the molecule is N=C(N)N[C@@H]1[C@H](O)[C@@H](O[C@H]2[C@H](O)[C@@H](O)[C@H](OC(N)=O)[C@H](OC(=O)CC(N)CCCNC(=O)CC(N)CCCN)[C@@H]2OC(N)=O)O[C@H](CO)[C@H]1O. The van der Waals surface area contributed by atoms with Crippen molar-refractivity contribution in [2.45, 2.75) is 118 Å². The molecule has 13 atom stereocenters. The number of hydrogen-bond acceptors (Lipinski definition) is 18. The molecule has 3 amide bonds. The molecule has 23 nitrogen and oxygen atoms in total. The van der Waals surface area contributed by atoms with Gasteiger partial charge in [-0.15, -0.1) is 0 Å². The zero-order valence-electron chi connectivity index (χ0n) is 27.2. The van der Waals surface area contributed by atoms with E-state index in [1.165, 1.54) is 0 Å². The molecule has 20 N–H and O–H groups in total. The first-order valence-electron chi connectivity index (χ1n) is 15.8. The molecule has 2 unspecified atom stereocenters. The Balaban J connectivity index is 2.20. The fraction of sp³-hybridized carbons (Fsp3) is 0.815. The number of amides is 3. The summed E-state index contributed by atoms with van der Waals surface area (Å²) in [5.74, 6) is -2.01. The van der Waals surface area contributed by atoms with E-state index in [0.29, 0.717) is 25.8 Å². The Kier molecular flexibility index (Phi) is 17.2. The average Bonchev–Trinajstić information content (AvgIpc) is 3.02. The maximum Gasteiger partial charge on any atom is 0.405 e. The largest absolute Gasteiger partial charge is 0.454 e. The first-order chi connectivity index (χ1) is 23.5. The Hall–Kier alpha value is -3.65. The van der Waals surface area contributed by atoms with Gasteiger partial charge in [-0.1, -0.05) is 0 Å². The molecule has 1 heterocycles. The lowest BCUT2D eigenvalue weighted by atomic mass is 9.84. The number of aliphatic hydroxyl groups is 5. The number of hydrogen-bond donors (Lipinski definition) is 14. The van der Waals surface area contributed by atoms with Crippen molar-refractivity contribution in [3.8, 4) is 0 Å². The van der Waals surface area contributed by atoms with E-state index in [-0.39, 0.29) is 31.3 Å². The summed E-state index contributed by atoms with van der Waals surface area (Å²) in [4.78, 5) is 48.8. The number of guanidine groups is 1. The van der Waals surface area contributed by atoms with E-state index in [9.17, 15) is 44.7 Å². The Morgan fingerprint density at radius 3 is 1.92 bits per heavy atom. The lowest BCUT2D eigenvalue weighted by molar-refractivity contribution is -0.326. The van der Waals surface area contributed by atoms with Crippen molar-refractivity contribution < 1.29 is 68.4 Å². The van der Waals surface area contributed by atoms with E-state index in [2.05, 4.69) is 10.6 Å². The molecule has 0 aromatic rings. The minimum Gasteiger partial charge on any atom is -0.454 e. The van der Waals surface area contributed by atoms with Gasteiger partial charge in [0.05, 0.1) is 19.1 Å². The third kappa shape index (κ3) is 12.6. The first kappa shape index (κ1) is 42.5. The number of nitrogens with one attached hydrogen (secondary N) is 3. The molecular formula is C27H51N9O14. The number of carbonyl (C=O) groups is 4. The van der Waals surface area contributed by atoms with E-state index in [1.807, 2.05) is 0 Å². The van der Waals surface area contributed by atoms with Crippen molar-refractivity contribution in [3.63, 3.8) is 0 Å². The van der Waals surface area contributed by atoms with Crippen LogP contribution in [0.15, 0.2) is 0 Å². The van der Waals surface area contributed by atoms with Gasteiger partial charge in [0, 0.05) is 25.0 Å². The average molecular weight is 726 g/mol. The van der Waals surface area contributed by atoms with Gasteiger partial charge in [0.25, 0.3) is 0 Å². The van der Waals surface area contributed by atoms with Crippen LogP contribution in [-0.2, 0) is 33.3 Å². The van der Waals surface area contributed by atoms with Crippen molar-refractivity contribution >= 4 is 30.0 Å². The van der Waals surface area contributed by atoms with Crippen LogP contribution in [0.25, 0.3) is 0 Å². The topological polar surface area (TPSA) is 420 Å². The van der Waals surface area contributed by atoms with Crippen molar-refractivity contribution in [2.75, 3.05) is 19.7 Å². The molecule has 0 bridgehead atoms. The standard InChI is InChI=1S/C27H51N9O14/c28-5-1-3-10(29)7-13(38)35-6-2-4-11(30)8-14(39)47-22-21(49-26(33)44)19(43)18(42)20(23(22)50-27(34)45)48-24-17(41)15(36-25(31)32)16(40)12(9-37)46-24/h10-12,15-24,37,40-43H,1-9,28-30H2,(H2,33,44)(H2,34,45)(H,35,38)(H4,31,32,36)/t10?,11?,12-,15+,16-,17+,18-,19-,20+,21+,22+,23-,24-/m1/s1. The van der Waals surface area contributed by atoms with Crippen LogP contribution in [-0.4, -0.2) is 155 Å². The highest BCUT2D eigenvalue weighted by atomic mass is 16.7. The molecule has 1 aliphatic heterocycles. The van der Waals surface area contributed by atoms with Gasteiger partial charge in [-0.25, -0.2) is 9.59 Å². The van der Waals surface area contributed by atoms with Crippen LogP contribution in [0.2, 0.25) is 0 Å². The quantitative estimate of drug-likeness (QED) is 0.0205. The van der Waals surface area contributed by atoms with Crippen LogP contribution in [0.1, 0.15) is 38.5 Å². The molecule has 1 saturated heterocycles. The maximum absolute atomic E-state index is 13.0. The number of carbonyl (C=O) groups excluding carboxylic acids is 4. The van der Waals surface area contributed by atoms with Gasteiger partial charge in [-0.05, 0) is 32.2 Å². The second kappa shape index (κ2) is 20.3. The fourth-order valence-electron chi connectivity index (χ4n) is 5.59. The number of rotatable bonds is 18. The van der Waals surface area contributed by atoms with Crippen molar-refractivity contribution in [3.05, 3.63) is 0 Å². The molecule has 50 heavy (non-hydrogen) atoms. The van der Waals surface area contributed by atoms with Gasteiger partial charge in [0.2, 0.25) is 5.91 Å². The Bertz CT molecular complexity index is 1140. The van der Waals surface area contributed by atoms with Crippen LogP contribution < -0.4 is 45.0 Å². The number of ether oxygens (including phenoxy) is 5. The molecule has 1 saturated carbocycles. The van der Waals surface area contributed by atoms with E-state index < -0.39 is 110 Å². The van der Waals surface area contributed by atoms with Crippen LogP contribution >= 0.6 is 0 Å². The smallest absolute Gasteiger partial charge is 0.405 e. The van der Waals surface area contributed by atoms with Gasteiger partial charge >= 0.3 is 18.2 Å². The van der Waals surface area contributed by atoms with Crippen molar-refractivity contribution in [1.82, 2.24) is 10.6 Å². The summed E-state index contributed by atoms with van der Waals surface area (Å²) in [6.45, 7) is -0.138. The molecule has 2 fully saturated rings. The lowest BCUT2D eigenvalue weighted by Gasteiger charge is -2.48. The second-order valence-corrected chi connectivity index (χ2v) is 12.0. The van der Waals surface area contributed by atoms with Gasteiger partial charge in [0.15, 0.2) is 30.6 Å². The first-order valence-corrected chi connectivity index (χ1v) is 15.8. The normalized spacial score (nSPS) is 32.2. The summed E-state index contributed by atoms with van der Waals surface area (Å²) < 4.78 is 26.5. The molecule has 2 aliphatic rings. The number of aliphatic hydroxyl groups excluding tert-OH is 5. The molecule has 23 heteroatoms. The highest BCUT2D eigenvalue weighted by Crippen LogP contribution is 2.33. The van der Waals surface area contributed by atoms with Gasteiger partial charge in [0.1, 0.15) is 36.6 Å². The number of esters is 1. The summed E-state index contributed by atoms with van der Waals surface area (Å²) in [6.07, 6.45) is -20.5. The minimum atomic E-state index is -2.14. The molecule has 1 aliphatic carbocycles. The number of nitrogens with two attached hydrogens (primary N) is 6. The van der Waals surface area contributed by atoms with Crippen molar-refractivity contribution in [2.24, 2.45) is 34.4 Å². The fourth-order valence-corrected chi connectivity index (χ4v) is 5.59. The summed E-state index contributed by atoms with van der Waals surface area (Å²) in [5.41, 5.74) is 33.1. The molecular weight excluding hydrogens is 674 g/mol. The molecule has 0 radical (unpaired) electrons. The van der Waals surface area contributed by atoms with E-state index in [0.717, 1.165) is 0 Å². The van der Waals surface area contributed by atoms with Crippen LogP contribution in [0.3, 0.4) is 0 Å². The van der Waals surface area contributed by atoms with E-state index in [4.69, 9.17) is 63.5 Å². The molecule has 0 aromatic heterocycles. The summed E-state index contributed by atoms with van der Waals surface area (Å²) in [6, 6.07) is -2.64. The highest BCUT2D eigenvalue weighted by molar-refractivity contribution is 5.76. The molecule has 0 spiro atoms. The third-order valence-electron chi connectivity index (χ3n) is 7.99. The minimum absolute atomic E-state index is 0.111. The maximum atomic E-state index is 13.0. The zero-order valence-corrected chi connectivity index (χ0v) is 27.2. The van der Waals surface area contributed by atoms with Crippen LogP contribution in [0.4, 0.5) is 9.59 Å². The van der Waals surface area contributed by atoms with Gasteiger partial charge in [-0.3, -0.25) is 15.0 Å². The van der Waals surface area contributed by atoms with Gasteiger partial charge in [-0.2, -0.15) is 0 Å². The van der Waals surface area contributed by atoms with E-state index in [1.54, 1.807) is 0 Å². The monoisotopic (exact) mass is 725 g/mol. The second-order valence-electron chi connectivity index (χ2n) is 12.0. The number of primary amides is 2. The summed E-state index contributed by atoms with van der Waals surface area (Å²) in [7, 11) is 0. The Morgan fingerprint density at radius 2 is 1.34 bits per heavy atom. The molecule has 0 aromatic carbocycles. The van der Waals surface area contributed by atoms with Crippen LogP contribution in [0.5, 0.6) is 0 Å². The zero-order chi connectivity index (χ0) is 37.7. The third-order valence-corrected chi connectivity index (χ3v) is 7.99. The molecule has 2 rings (SSSR count). The van der Waals surface area contributed by atoms with Crippen molar-refractivity contribution in [1.29, 1.82) is 5.41 Å². The Labute approximate surface area is 286 Å².